The molecule has 0 atom stereocenters. The van der Waals surface area contributed by atoms with Gasteiger partial charge in [0, 0.05) is 9.75 Å². The van der Waals surface area contributed by atoms with Crippen LogP contribution in [0.3, 0.4) is 0 Å². The minimum atomic E-state index is 1.20. The van der Waals surface area contributed by atoms with Crippen LogP contribution in [0.4, 0.5) is 0 Å². The molecule has 0 saturated carbocycles. The van der Waals surface area contributed by atoms with Crippen LogP contribution in [0.15, 0.2) is 12.1 Å². The molecule has 2 heteroatoms. The number of aryl methyl sites for hydroxylation is 2. The Bertz CT molecular complexity index is 253. The minimum absolute atomic E-state index is 1.20. The molecular weight excluding hydrogens is 190 g/mol. The van der Waals surface area contributed by atoms with Gasteiger partial charge < -0.3 is 4.90 Å². The van der Waals surface area contributed by atoms with Gasteiger partial charge in [-0.2, -0.15) is 0 Å². The molecule has 0 saturated heterocycles. The van der Waals surface area contributed by atoms with Crippen LogP contribution in [0.2, 0.25) is 0 Å². The number of hydrogen-bond donors (Lipinski definition) is 0. The predicted molar refractivity (Wildman–Crippen MR) is 65.2 cm³/mol. The zero-order chi connectivity index (χ0) is 10.4. The first kappa shape index (κ1) is 11.7. The molecule has 0 aromatic carbocycles. The summed E-state index contributed by atoms with van der Waals surface area (Å²) < 4.78 is 0. The van der Waals surface area contributed by atoms with Gasteiger partial charge in [-0.3, -0.25) is 0 Å². The van der Waals surface area contributed by atoms with Crippen LogP contribution in [0, 0.1) is 0 Å². The molecule has 0 aliphatic carbocycles. The number of nitrogens with zero attached hydrogens (tertiary/aromatic N) is 1. The van der Waals surface area contributed by atoms with Crippen LogP contribution in [0.25, 0.3) is 0 Å². The maximum absolute atomic E-state index is 2.30. The lowest BCUT2D eigenvalue weighted by molar-refractivity contribution is 0.401. The molecule has 0 radical (unpaired) electrons. The lowest BCUT2D eigenvalue weighted by atomic mass is 10.2. The van der Waals surface area contributed by atoms with E-state index < -0.39 is 0 Å². The molecule has 14 heavy (non-hydrogen) atoms. The molecule has 1 heterocycles. The minimum Gasteiger partial charge on any atom is -0.309 e. The Balaban J connectivity index is 2.28. The van der Waals surface area contributed by atoms with E-state index in [1.54, 1.807) is 9.75 Å². The number of rotatable bonds is 6. The molecule has 1 rings (SSSR count). The van der Waals surface area contributed by atoms with Gasteiger partial charge >= 0.3 is 0 Å². The first-order valence-electron chi connectivity index (χ1n) is 5.44. The average Bonchev–Trinajstić information content (AvgIpc) is 2.53. The first-order valence-corrected chi connectivity index (χ1v) is 6.26. The van der Waals surface area contributed by atoms with Gasteiger partial charge in [0.25, 0.3) is 0 Å². The van der Waals surface area contributed by atoms with Crippen LogP contribution in [0.1, 0.15) is 29.5 Å². The van der Waals surface area contributed by atoms with Crippen molar-refractivity contribution in [2.45, 2.75) is 32.6 Å². The topological polar surface area (TPSA) is 3.24 Å². The van der Waals surface area contributed by atoms with Crippen molar-refractivity contribution in [3.8, 4) is 0 Å². The van der Waals surface area contributed by atoms with Gasteiger partial charge in [0.05, 0.1) is 0 Å². The molecule has 1 aromatic heterocycles. The van der Waals surface area contributed by atoms with E-state index in [1.165, 1.54) is 32.2 Å². The van der Waals surface area contributed by atoms with Gasteiger partial charge in [-0.1, -0.05) is 13.3 Å². The zero-order valence-corrected chi connectivity index (χ0v) is 10.4. The number of thiophene rings is 1. The lowest BCUT2D eigenvalue weighted by Crippen LogP contribution is -2.13. The fourth-order valence-corrected chi connectivity index (χ4v) is 2.67. The monoisotopic (exact) mass is 211 g/mol. The van der Waals surface area contributed by atoms with E-state index in [1.807, 2.05) is 11.3 Å². The molecule has 80 valence electrons. The van der Waals surface area contributed by atoms with Crippen LogP contribution < -0.4 is 0 Å². The molecule has 1 nitrogen and oxygen atoms in total. The summed E-state index contributed by atoms with van der Waals surface area (Å²) in [6.07, 6.45) is 5.03. The molecule has 0 unspecified atom stereocenters. The van der Waals surface area contributed by atoms with E-state index in [4.69, 9.17) is 0 Å². The van der Waals surface area contributed by atoms with Crippen molar-refractivity contribution < 1.29 is 0 Å². The van der Waals surface area contributed by atoms with Gasteiger partial charge in [0.1, 0.15) is 0 Å². The van der Waals surface area contributed by atoms with Gasteiger partial charge in [0.2, 0.25) is 0 Å². The van der Waals surface area contributed by atoms with Gasteiger partial charge in [-0.15, -0.1) is 11.3 Å². The maximum atomic E-state index is 2.30. The first-order chi connectivity index (χ1) is 6.72. The molecule has 0 amide bonds. The summed E-state index contributed by atoms with van der Waals surface area (Å²) in [5.74, 6) is 0. The van der Waals surface area contributed by atoms with E-state index in [-0.39, 0.29) is 0 Å². The Morgan fingerprint density at radius 3 is 2.36 bits per heavy atom. The summed E-state index contributed by atoms with van der Waals surface area (Å²) in [5, 5.41) is 0. The third-order valence-electron chi connectivity index (χ3n) is 2.24. The highest BCUT2D eigenvalue weighted by Gasteiger charge is 1.99. The van der Waals surface area contributed by atoms with Crippen molar-refractivity contribution in [1.82, 2.24) is 4.90 Å². The van der Waals surface area contributed by atoms with Crippen LogP contribution in [-0.4, -0.2) is 25.5 Å². The second-order valence-corrected chi connectivity index (χ2v) is 5.28. The maximum Gasteiger partial charge on any atom is 0.00486 e. The van der Waals surface area contributed by atoms with E-state index in [9.17, 15) is 0 Å². The lowest BCUT2D eigenvalue weighted by Gasteiger charge is -2.07. The van der Waals surface area contributed by atoms with Crippen LogP contribution >= 0.6 is 11.3 Å². The standard InChI is InChI=1S/C12H21NS/c1-4-6-11-8-9-12(14-11)7-5-10-13(2)3/h8-9H,4-7,10H2,1-3H3. The van der Waals surface area contributed by atoms with Crippen molar-refractivity contribution >= 4 is 11.3 Å². The molecule has 0 spiro atoms. The van der Waals surface area contributed by atoms with Gasteiger partial charge in [-0.25, -0.2) is 0 Å². The highest BCUT2D eigenvalue weighted by atomic mass is 32.1. The molecule has 0 fully saturated rings. The SMILES string of the molecule is CCCc1ccc(CCCN(C)C)s1. The second-order valence-electron chi connectivity index (χ2n) is 4.02. The van der Waals surface area contributed by atoms with E-state index >= 15 is 0 Å². The third kappa shape index (κ3) is 4.25. The highest BCUT2D eigenvalue weighted by Crippen LogP contribution is 2.19. The average molecular weight is 211 g/mol. The molecule has 1 aromatic rings. The smallest absolute Gasteiger partial charge is 0.00486 e. The molecule has 0 aliphatic heterocycles. The fourth-order valence-electron chi connectivity index (χ4n) is 1.51. The quantitative estimate of drug-likeness (QED) is 0.698. The van der Waals surface area contributed by atoms with Crippen molar-refractivity contribution in [1.29, 1.82) is 0 Å². The van der Waals surface area contributed by atoms with Crippen LogP contribution in [0.5, 0.6) is 0 Å². The summed E-state index contributed by atoms with van der Waals surface area (Å²) in [7, 11) is 4.27. The van der Waals surface area contributed by atoms with Crippen molar-refractivity contribution in [3.63, 3.8) is 0 Å². The molecule has 0 aliphatic rings. The Morgan fingerprint density at radius 1 is 1.14 bits per heavy atom. The fraction of sp³-hybridized carbons (Fsp3) is 0.667. The van der Waals surface area contributed by atoms with Crippen molar-refractivity contribution in [2.24, 2.45) is 0 Å². The largest absolute Gasteiger partial charge is 0.309 e. The molecule has 0 N–H and O–H groups in total. The molecular formula is C12H21NS. The van der Waals surface area contributed by atoms with Crippen molar-refractivity contribution in [3.05, 3.63) is 21.9 Å². The zero-order valence-electron chi connectivity index (χ0n) is 9.55. The Kier molecular flexibility index (Phi) is 5.20. The Morgan fingerprint density at radius 2 is 1.79 bits per heavy atom. The predicted octanol–water partition coefficient (Wildman–Crippen LogP) is 3.19. The highest BCUT2D eigenvalue weighted by molar-refractivity contribution is 7.11. The van der Waals surface area contributed by atoms with Gasteiger partial charge in [0.15, 0.2) is 0 Å². The van der Waals surface area contributed by atoms with Gasteiger partial charge in [-0.05, 0) is 52.0 Å². The summed E-state index contributed by atoms with van der Waals surface area (Å²) in [6.45, 7) is 3.44. The normalized spacial score (nSPS) is 11.1. The third-order valence-corrected chi connectivity index (χ3v) is 3.45. The summed E-state index contributed by atoms with van der Waals surface area (Å²) in [6, 6.07) is 4.59. The Labute approximate surface area is 91.8 Å². The van der Waals surface area contributed by atoms with Crippen molar-refractivity contribution in [2.75, 3.05) is 20.6 Å². The number of hydrogen-bond acceptors (Lipinski definition) is 2. The van der Waals surface area contributed by atoms with E-state index in [2.05, 4.69) is 38.1 Å². The summed E-state index contributed by atoms with van der Waals surface area (Å²) in [5.41, 5.74) is 0. The summed E-state index contributed by atoms with van der Waals surface area (Å²) >= 11 is 1.99. The van der Waals surface area contributed by atoms with E-state index in [0.717, 1.165) is 0 Å². The van der Waals surface area contributed by atoms with Crippen LogP contribution in [-0.2, 0) is 12.8 Å². The Hall–Kier alpha value is -0.340. The second kappa shape index (κ2) is 6.20. The van der Waals surface area contributed by atoms with E-state index in [0.29, 0.717) is 0 Å². The summed E-state index contributed by atoms with van der Waals surface area (Å²) in [4.78, 5) is 5.35. The molecule has 0 bridgehead atoms.